The summed E-state index contributed by atoms with van der Waals surface area (Å²) in [5.74, 6) is 1.13. The van der Waals surface area contributed by atoms with Crippen LogP contribution in [0.2, 0.25) is 0 Å². The fourth-order valence-electron chi connectivity index (χ4n) is 2.72. The van der Waals surface area contributed by atoms with Gasteiger partial charge in [0.05, 0.1) is 0 Å². The van der Waals surface area contributed by atoms with Gasteiger partial charge in [0.1, 0.15) is 5.82 Å². The number of aryl methyl sites for hydroxylation is 1. The highest BCUT2D eigenvalue weighted by molar-refractivity contribution is 5.44. The van der Waals surface area contributed by atoms with Crippen molar-refractivity contribution in [1.29, 1.82) is 0 Å². The summed E-state index contributed by atoms with van der Waals surface area (Å²) in [7, 11) is 2.19. The van der Waals surface area contributed by atoms with Crippen LogP contribution in [0.4, 0.5) is 5.82 Å². The van der Waals surface area contributed by atoms with Gasteiger partial charge in [-0.25, -0.2) is 4.98 Å². The largest absolute Gasteiger partial charge is 0.351 e. The van der Waals surface area contributed by atoms with Crippen LogP contribution in [0.5, 0.6) is 0 Å². The SMILES string of the molecule is CCNCc1cc(C)nc(N2CCN(C)CC2C)c1. The highest BCUT2D eigenvalue weighted by Crippen LogP contribution is 2.20. The Labute approximate surface area is 116 Å². The lowest BCUT2D eigenvalue weighted by Gasteiger charge is -2.39. The zero-order valence-electron chi connectivity index (χ0n) is 12.6. The first-order chi connectivity index (χ1) is 9.10. The molecule has 4 heteroatoms. The minimum absolute atomic E-state index is 0.528. The summed E-state index contributed by atoms with van der Waals surface area (Å²) in [6, 6.07) is 4.93. The van der Waals surface area contributed by atoms with Crippen molar-refractivity contribution in [3.8, 4) is 0 Å². The fraction of sp³-hybridized carbons (Fsp3) is 0.667. The van der Waals surface area contributed by atoms with E-state index in [1.54, 1.807) is 0 Å². The van der Waals surface area contributed by atoms with Gasteiger partial charge < -0.3 is 15.1 Å². The zero-order chi connectivity index (χ0) is 13.8. The number of hydrogen-bond donors (Lipinski definition) is 1. The van der Waals surface area contributed by atoms with Gasteiger partial charge in [0.25, 0.3) is 0 Å². The van der Waals surface area contributed by atoms with Crippen LogP contribution in [0, 0.1) is 6.92 Å². The molecule has 19 heavy (non-hydrogen) atoms. The molecule has 1 N–H and O–H groups in total. The predicted molar refractivity (Wildman–Crippen MR) is 80.7 cm³/mol. The van der Waals surface area contributed by atoms with E-state index in [0.717, 1.165) is 44.2 Å². The average molecular weight is 262 g/mol. The van der Waals surface area contributed by atoms with Crippen LogP contribution in [0.15, 0.2) is 12.1 Å². The maximum absolute atomic E-state index is 4.72. The van der Waals surface area contributed by atoms with Gasteiger partial charge in [0.2, 0.25) is 0 Å². The summed E-state index contributed by atoms with van der Waals surface area (Å²) in [5, 5.41) is 3.39. The van der Waals surface area contributed by atoms with Gasteiger partial charge in [-0.15, -0.1) is 0 Å². The van der Waals surface area contributed by atoms with Crippen molar-refractivity contribution in [3.63, 3.8) is 0 Å². The quantitative estimate of drug-likeness (QED) is 0.894. The summed E-state index contributed by atoms with van der Waals surface area (Å²) in [4.78, 5) is 9.54. The van der Waals surface area contributed by atoms with Crippen molar-refractivity contribution in [1.82, 2.24) is 15.2 Å². The zero-order valence-corrected chi connectivity index (χ0v) is 12.6. The fourth-order valence-corrected chi connectivity index (χ4v) is 2.72. The maximum Gasteiger partial charge on any atom is 0.129 e. The van der Waals surface area contributed by atoms with E-state index >= 15 is 0 Å². The van der Waals surface area contributed by atoms with E-state index in [0.29, 0.717) is 6.04 Å². The lowest BCUT2D eigenvalue weighted by atomic mass is 10.1. The molecule has 1 aliphatic rings. The Hall–Kier alpha value is -1.13. The first kappa shape index (κ1) is 14.3. The number of aromatic nitrogens is 1. The molecule has 0 bridgehead atoms. The van der Waals surface area contributed by atoms with E-state index in [-0.39, 0.29) is 0 Å². The molecule has 0 aliphatic carbocycles. The predicted octanol–water partition coefficient (Wildman–Crippen LogP) is 1.64. The van der Waals surface area contributed by atoms with E-state index in [1.807, 2.05) is 0 Å². The Kier molecular flexibility index (Phi) is 4.77. The smallest absolute Gasteiger partial charge is 0.129 e. The molecule has 1 unspecified atom stereocenters. The summed E-state index contributed by atoms with van der Waals surface area (Å²) >= 11 is 0. The van der Waals surface area contributed by atoms with Crippen molar-refractivity contribution in [2.24, 2.45) is 0 Å². The minimum atomic E-state index is 0.528. The van der Waals surface area contributed by atoms with Gasteiger partial charge in [0.15, 0.2) is 0 Å². The Bertz CT molecular complexity index is 419. The molecule has 1 aromatic rings. The normalized spacial score (nSPS) is 20.8. The van der Waals surface area contributed by atoms with Crippen LogP contribution < -0.4 is 10.2 Å². The first-order valence-corrected chi connectivity index (χ1v) is 7.23. The Balaban J connectivity index is 2.16. The van der Waals surface area contributed by atoms with Gasteiger partial charge >= 0.3 is 0 Å². The molecule has 1 fully saturated rings. The first-order valence-electron chi connectivity index (χ1n) is 7.23. The van der Waals surface area contributed by atoms with E-state index < -0.39 is 0 Å². The lowest BCUT2D eigenvalue weighted by molar-refractivity contribution is 0.274. The summed E-state index contributed by atoms with van der Waals surface area (Å²) in [5.41, 5.74) is 2.44. The average Bonchev–Trinajstić information content (AvgIpc) is 2.35. The molecule has 1 saturated heterocycles. The maximum atomic E-state index is 4.72. The topological polar surface area (TPSA) is 31.4 Å². The Morgan fingerprint density at radius 3 is 2.84 bits per heavy atom. The minimum Gasteiger partial charge on any atom is -0.351 e. The van der Waals surface area contributed by atoms with Gasteiger partial charge in [0, 0.05) is 37.9 Å². The molecular formula is C15H26N4. The van der Waals surface area contributed by atoms with Crippen LogP contribution in [0.1, 0.15) is 25.1 Å². The third kappa shape index (κ3) is 3.67. The molecule has 1 atom stereocenters. The Morgan fingerprint density at radius 1 is 1.37 bits per heavy atom. The molecule has 1 aromatic heterocycles. The van der Waals surface area contributed by atoms with Crippen molar-refractivity contribution in [3.05, 3.63) is 23.4 Å². The van der Waals surface area contributed by atoms with Gasteiger partial charge in [-0.2, -0.15) is 0 Å². The van der Waals surface area contributed by atoms with Crippen LogP contribution in [-0.2, 0) is 6.54 Å². The highest BCUT2D eigenvalue weighted by Gasteiger charge is 2.22. The molecule has 0 saturated carbocycles. The molecule has 0 amide bonds. The third-order valence-electron chi connectivity index (χ3n) is 3.70. The molecule has 0 aromatic carbocycles. The van der Waals surface area contributed by atoms with E-state index in [4.69, 9.17) is 4.98 Å². The summed E-state index contributed by atoms with van der Waals surface area (Å²) < 4.78 is 0. The van der Waals surface area contributed by atoms with Crippen molar-refractivity contribution in [2.75, 3.05) is 38.1 Å². The molecule has 106 valence electrons. The number of pyridine rings is 1. The number of rotatable bonds is 4. The molecule has 1 aliphatic heterocycles. The monoisotopic (exact) mass is 262 g/mol. The number of nitrogens with zero attached hydrogens (tertiary/aromatic N) is 3. The number of nitrogens with one attached hydrogen (secondary N) is 1. The molecular weight excluding hydrogens is 236 g/mol. The second kappa shape index (κ2) is 6.35. The molecule has 4 nitrogen and oxygen atoms in total. The van der Waals surface area contributed by atoms with Crippen LogP contribution in [-0.4, -0.2) is 49.2 Å². The number of hydrogen-bond acceptors (Lipinski definition) is 4. The molecule has 2 rings (SSSR count). The van der Waals surface area contributed by atoms with Crippen LogP contribution in [0.3, 0.4) is 0 Å². The van der Waals surface area contributed by atoms with Crippen molar-refractivity contribution >= 4 is 5.82 Å². The highest BCUT2D eigenvalue weighted by atomic mass is 15.3. The molecule has 0 radical (unpaired) electrons. The standard InChI is InChI=1S/C15H26N4/c1-5-16-10-14-8-12(2)17-15(9-14)19-7-6-18(4)11-13(19)3/h8-9,13,16H,5-7,10-11H2,1-4H3. The number of piperazine rings is 1. The third-order valence-corrected chi connectivity index (χ3v) is 3.70. The second-order valence-electron chi connectivity index (χ2n) is 5.56. The molecule has 2 heterocycles. The van der Waals surface area contributed by atoms with Crippen LogP contribution >= 0.6 is 0 Å². The van der Waals surface area contributed by atoms with Crippen LogP contribution in [0.25, 0.3) is 0 Å². The number of anilines is 1. The van der Waals surface area contributed by atoms with E-state index in [2.05, 4.69) is 55.1 Å². The van der Waals surface area contributed by atoms with Crippen molar-refractivity contribution in [2.45, 2.75) is 33.4 Å². The Morgan fingerprint density at radius 2 is 2.16 bits per heavy atom. The van der Waals surface area contributed by atoms with Gasteiger partial charge in [-0.3, -0.25) is 0 Å². The van der Waals surface area contributed by atoms with Crippen molar-refractivity contribution < 1.29 is 0 Å². The van der Waals surface area contributed by atoms with Gasteiger partial charge in [-0.1, -0.05) is 6.92 Å². The van der Waals surface area contributed by atoms with E-state index in [9.17, 15) is 0 Å². The summed E-state index contributed by atoms with van der Waals surface area (Å²) in [6.07, 6.45) is 0. The molecule has 0 spiro atoms. The van der Waals surface area contributed by atoms with E-state index in [1.165, 1.54) is 5.56 Å². The van der Waals surface area contributed by atoms with Gasteiger partial charge in [-0.05, 0) is 45.1 Å². The summed E-state index contributed by atoms with van der Waals surface area (Å²) in [6.45, 7) is 11.7. The second-order valence-corrected chi connectivity index (χ2v) is 5.56. The lowest BCUT2D eigenvalue weighted by Crippen LogP contribution is -2.50. The number of likely N-dealkylation sites (N-methyl/N-ethyl adjacent to an activating group) is 1.